The van der Waals surface area contributed by atoms with Crippen molar-refractivity contribution in [3.05, 3.63) is 71.4 Å². The fraction of sp³-hybridized carbons (Fsp3) is 0.304. The molecular formula is C23H25N7O2. The molecule has 1 saturated carbocycles. The summed E-state index contributed by atoms with van der Waals surface area (Å²) in [6.07, 6.45) is 5.84. The van der Waals surface area contributed by atoms with Gasteiger partial charge in [-0.05, 0) is 49.4 Å². The number of ether oxygens (including phenoxy) is 1. The second kappa shape index (κ2) is 9.09. The Balaban J connectivity index is 1.14. The number of methoxy groups -OCH3 is 1. The lowest BCUT2D eigenvalue weighted by Crippen LogP contribution is -2.04. The zero-order valence-electron chi connectivity index (χ0n) is 17.8. The van der Waals surface area contributed by atoms with E-state index in [1.807, 2.05) is 30.3 Å². The molecule has 0 amide bonds. The topological polar surface area (TPSA) is 114 Å². The molecule has 164 valence electrons. The molecule has 3 N–H and O–H groups in total. The molecule has 0 spiro atoms. The number of H-pyrrole nitrogens is 1. The second-order valence-electron chi connectivity index (χ2n) is 7.86. The number of nitrogens with zero attached hydrogens (tertiary/aromatic N) is 4. The van der Waals surface area contributed by atoms with E-state index in [1.165, 1.54) is 18.4 Å². The Hall–Kier alpha value is -3.88. The van der Waals surface area contributed by atoms with E-state index >= 15 is 0 Å². The molecule has 0 radical (unpaired) electrons. The summed E-state index contributed by atoms with van der Waals surface area (Å²) >= 11 is 0. The van der Waals surface area contributed by atoms with Crippen LogP contribution < -0.4 is 15.4 Å². The Morgan fingerprint density at radius 1 is 1.12 bits per heavy atom. The molecule has 5 rings (SSSR count). The van der Waals surface area contributed by atoms with Crippen LogP contribution in [0.25, 0.3) is 0 Å². The van der Waals surface area contributed by atoms with Gasteiger partial charge in [-0.1, -0.05) is 17.3 Å². The van der Waals surface area contributed by atoms with Gasteiger partial charge in [0.05, 0.1) is 25.0 Å². The minimum Gasteiger partial charge on any atom is -0.497 e. The molecule has 3 aromatic heterocycles. The summed E-state index contributed by atoms with van der Waals surface area (Å²) < 4.78 is 10.6. The van der Waals surface area contributed by atoms with Crippen molar-refractivity contribution in [3.8, 4) is 5.75 Å². The highest BCUT2D eigenvalue weighted by atomic mass is 16.5. The molecule has 0 saturated heterocycles. The van der Waals surface area contributed by atoms with Crippen molar-refractivity contribution in [3.63, 3.8) is 0 Å². The molecule has 0 aliphatic heterocycles. The lowest BCUT2D eigenvalue weighted by Gasteiger charge is -2.05. The molecule has 32 heavy (non-hydrogen) atoms. The predicted molar refractivity (Wildman–Crippen MR) is 120 cm³/mol. The second-order valence-corrected chi connectivity index (χ2v) is 7.86. The Kier molecular flexibility index (Phi) is 5.69. The molecule has 0 atom stereocenters. The SMILES string of the molecule is COc1ccc(CCc2cc(Nc3ccnc(NCc4cc(C5CC5)no4)n3)[nH]n2)cc1. The van der Waals surface area contributed by atoms with Crippen molar-refractivity contribution in [1.82, 2.24) is 25.3 Å². The van der Waals surface area contributed by atoms with Crippen molar-refractivity contribution in [2.24, 2.45) is 0 Å². The average molecular weight is 432 g/mol. The number of anilines is 3. The van der Waals surface area contributed by atoms with Crippen LogP contribution >= 0.6 is 0 Å². The summed E-state index contributed by atoms with van der Waals surface area (Å²) in [5, 5.41) is 18.0. The first kappa shape index (κ1) is 20.0. The maximum atomic E-state index is 5.38. The number of aryl methyl sites for hydroxylation is 2. The number of rotatable bonds is 10. The van der Waals surface area contributed by atoms with Crippen LogP contribution in [-0.2, 0) is 19.4 Å². The van der Waals surface area contributed by atoms with Gasteiger partial charge in [-0.15, -0.1) is 0 Å². The highest BCUT2D eigenvalue weighted by molar-refractivity contribution is 5.53. The van der Waals surface area contributed by atoms with Gasteiger partial charge in [-0.25, -0.2) is 4.98 Å². The van der Waals surface area contributed by atoms with Crippen LogP contribution in [0.1, 0.15) is 41.5 Å². The molecule has 9 heteroatoms. The number of aromatic nitrogens is 5. The van der Waals surface area contributed by atoms with E-state index in [2.05, 4.69) is 48.1 Å². The lowest BCUT2D eigenvalue weighted by atomic mass is 10.1. The van der Waals surface area contributed by atoms with Crippen LogP contribution in [0.4, 0.5) is 17.6 Å². The highest BCUT2D eigenvalue weighted by Crippen LogP contribution is 2.39. The average Bonchev–Trinajstić information content (AvgIpc) is 3.40. The summed E-state index contributed by atoms with van der Waals surface area (Å²) in [4.78, 5) is 8.77. The Morgan fingerprint density at radius 3 is 2.81 bits per heavy atom. The first-order valence-electron chi connectivity index (χ1n) is 10.7. The molecule has 1 aliphatic rings. The lowest BCUT2D eigenvalue weighted by molar-refractivity contribution is 0.381. The van der Waals surface area contributed by atoms with E-state index in [4.69, 9.17) is 9.26 Å². The smallest absolute Gasteiger partial charge is 0.224 e. The molecule has 0 bridgehead atoms. The van der Waals surface area contributed by atoms with Crippen LogP contribution in [0, 0.1) is 0 Å². The third-order valence-electron chi connectivity index (χ3n) is 5.37. The maximum Gasteiger partial charge on any atom is 0.224 e. The van der Waals surface area contributed by atoms with E-state index < -0.39 is 0 Å². The zero-order chi connectivity index (χ0) is 21.8. The number of benzene rings is 1. The molecular weight excluding hydrogens is 406 g/mol. The molecule has 4 aromatic rings. The fourth-order valence-corrected chi connectivity index (χ4v) is 3.42. The molecule has 1 fully saturated rings. The number of hydrogen-bond donors (Lipinski definition) is 3. The number of nitrogens with one attached hydrogen (secondary N) is 3. The zero-order valence-corrected chi connectivity index (χ0v) is 17.8. The van der Waals surface area contributed by atoms with E-state index in [0.29, 0.717) is 24.2 Å². The van der Waals surface area contributed by atoms with Gasteiger partial charge < -0.3 is 19.9 Å². The fourth-order valence-electron chi connectivity index (χ4n) is 3.42. The molecule has 1 aliphatic carbocycles. The Morgan fingerprint density at radius 2 is 2.00 bits per heavy atom. The van der Waals surface area contributed by atoms with Crippen molar-refractivity contribution in [1.29, 1.82) is 0 Å². The largest absolute Gasteiger partial charge is 0.497 e. The van der Waals surface area contributed by atoms with Gasteiger partial charge in [-0.3, -0.25) is 5.10 Å². The number of aromatic amines is 1. The summed E-state index contributed by atoms with van der Waals surface area (Å²) in [5.74, 6) is 4.18. The monoisotopic (exact) mass is 431 g/mol. The molecule has 1 aromatic carbocycles. The van der Waals surface area contributed by atoms with Gasteiger partial charge in [0.25, 0.3) is 0 Å². The molecule has 0 unspecified atom stereocenters. The van der Waals surface area contributed by atoms with Crippen LogP contribution in [-0.4, -0.2) is 32.4 Å². The van der Waals surface area contributed by atoms with E-state index in [1.54, 1.807) is 13.3 Å². The predicted octanol–water partition coefficient (Wildman–Crippen LogP) is 4.21. The Labute approximate surface area is 185 Å². The van der Waals surface area contributed by atoms with Crippen LogP contribution in [0.3, 0.4) is 0 Å². The van der Waals surface area contributed by atoms with Crippen LogP contribution in [0.5, 0.6) is 5.75 Å². The van der Waals surface area contributed by atoms with Gasteiger partial charge in [0.1, 0.15) is 17.4 Å². The minimum absolute atomic E-state index is 0.489. The van der Waals surface area contributed by atoms with Gasteiger partial charge >= 0.3 is 0 Å². The van der Waals surface area contributed by atoms with Crippen molar-refractivity contribution >= 4 is 17.6 Å². The normalized spacial score (nSPS) is 13.2. The first-order valence-corrected chi connectivity index (χ1v) is 10.7. The van der Waals surface area contributed by atoms with Crippen molar-refractivity contribution in [2.75, 3.05) is 17.7 Å². The summed E-state index contributed by atoms with van der Waals surface area (Å²) in [6.45, 7) is 0.489. The Bertz CT molecular complexity index is 1170. The molecule has 9 nitrogen and oxygen atoms in total. The minimum atomic E-state index is 0.489. The van der Waals surface area contributed by atoms with Gasteiger partial charge in [0.15, 0.2) is 5.76 Å². The van der Waals surface area contributed by atoms with Crippen LogP contribution in [0.15, 0.2) is 53.2 Å². The van der Waals surface area contributed by atoms with Gasteiger partial charge in [0, 0.05) is 24.2 Å². The quantitative estimate of drug-likeness (QED) is 0.342. The highest BCUT2D eigenvalue weighted by Gasteiger charge is 2.27. The van der Waals surface area contributed by atoms with E-state index in [0.717, 1.165) is 41.6 Å². The van der Waals surface area contributed by atoms with Crippen LogP contribution in [0.2, 0.25) is 0 Å². The third kappa shape index (κ3) is 5.05. The summed E-state index contributed by atoms with van der Waals surface area (Å²) in [5.41, 5.74) is 3.26. The van der Waals surface area contributed by atoms with Crippen molar-refractivity contribution < 1.29 is 9.26 Å². The summed E-state index contributed by atoms with van der Waals surface area (Å²) in [7, 11) is 1.67. The van der Waals surface area contributed by atoms with E-state index in [-0.39, 0.29) is 0 Å². The van der Waals surface area contributed by atoms with Crippen molar-refractivity contribution in [2.45, 2.75) is 38.1 Å². The third-order valence-corrected chi connectivity index (χ3v) is 5.37. The number of hydrogen-bond acceptors (Lipinski definition) is 8. The molecule has 3 heterocycles. The van der Waals surface area contributed by atoms with Gasteiger partial charge in [0.2, 0.25) is 5.95 Å². The standard InChI is InChI=1S/C23H25N7O2/c1-31-18-8-3-15(4-9-18)2-7-17-12-22(29-28-17)26-21-10-11-24-23(27-21)25-14-19-13-20(30-32-19)16-5-6-16/h3-4,8-13,16H,2,5-7,14H2,1H3,(H3,24,25,26,27,28,29). The first-order chi connectivity index (χ1) is 15.7. The van der Waals surface area contributed by atoms with Gasteiger partial charge in [-0.2, -0.15) is 10.1 Å². The maximum absolute atomic E-state index is 5.38. The summed E-state index contributed by atoms with van der Waals surface area (Å²) in [6, 6.07) is 13.9. The van der Waals surface area contributed by atoms with E-state index in [9.17, 15) is 0 Å².